The molecule has 4 saturated heterocycles. The average Bonchev–Trinajstić information content (AvgIpc) is 3.43. The summed E-state index contributed by atoms with van der Waals surface area (Å²) in [7, 11) is 0. The van der Waals surface area contributed by atoms with E-state index in [0.717, 1.165) is 12.8 Å². The Morgan fingerprint density at radius 1 is 0.885 bits per heavy atom. The van der Waals surface area contributed by atoms with Crippen molar-refractivity contribution in [3.05, 3.63) is 12.2 Å². The van der Waals surface area contributed by atoms with E-state index in [1.165, 1.54) is 0 Å². The normalized spacial score (nSPS) is 46.2. The zero-order valence-electron chi connectivity index (χ0n) is 33.6. The highest BCUT2D eigenvalue weighted by molar-refractivity contribution is 5.83. The molecule has 0 radical (unpaired) electrons. The summed E-state index contributed by atoms with van der Waals surface area (Å²) < 4.78 is 33.7. The van der Waals surface area contributed by atoms with Crippen LogP contribution in [-0.4, -0.2) is 86.5 Å². The third-order valence-corrected chi connectivity index (χ3v) is 14.2. The van der Waals surface area contributed by atoms with Crippen molar-refractivity contribution in [2.75, 3.05) is 0 Å². The lowest BCUT2D eigenvalue weighted by Crippen LogP contribution is -2.65. The van der Waals surface area contributed by atoms with E-state index >= 15 is 0 Å². The predicted molar refractivity (Wildman–Crippen MR) is 197 cm³/mol. The highest BCUT2D eigenvalue weighted by atomic mass is 16.8. The minimum absolute atomic E-state index is 0.0606. The summed E-state index contributed by atoms with van der Waals surface area (Å²) in [5.74, 6) is -4.08. The van der Waals surface area contributed by atoms with Crippen LogP contribution >= 0.6 is 0 Å². The number of carboxylic acids is 1. The van der Waals surface area contributed by atoms with Gasteiger partial charge in [-0.25, -0.2) is 0 Å². The van der Waals surface area contributed by atoms with Gasteiger partial charge in [0.05, 0.1) is 47.6 Å². The van der Waals surface area contributed by atoms with Crippen LogP contribution in [0, 0.1) is 41.4 Å². The number of carbonyl (C=O) groups excluding carboxylic acids is 1. The molecule has 0 amide bonds. The molecule has 5 aliphatic rings. The van der Waals surface area contributed by atoms with Crippen LogP contribution in [0.15, 0.2) is 12.2 Å². The van der Waals surface area contributed by atoms with Crippen molar-refractivity contribution in [1.82, 2.24) is 0 Å². The average molecular weight is 735 g/mol. The van der Waals surface area contributed by atoms with Crippen LogP contribution in [0.4, 0.5) is 0 Å². The van der Waals surface area contributed by atoms with Crippen LogP contribution in [0.2, 0.25) is 0 Å². The summed E-state index contributed by atoms with van der Waals surface area (Å²) in [5.41, 5.74) is -1.50. The molecule has 5 rings (SSSR count). The van der Waals surface area contributed by atoms with Crippen molar-refractivity contribution < 1.29 is 48.6 Å². The van der Waals surface area contributed by atoms with Crippen LogP contribution < -0.4 is 0 Å². The molecule has 0 aromatic heterocycles. The Morgan fingerprint density at radius 2 is 1.58 bits per heavy atom. The van der Waals surface area contributed by atoms with Crippen molar-refractivity contribution in [2.24, 2.45) is 41.4 Å². The number of aliphatic carboxylic acids is 1. The molecule has 0 unspecified atom stereocenters. The molecule has 0 aliphatic carbocycles. The first-order valence-corrected chi connectivity index (χ1v) is 20.6. The van der Waals surface area contributed by atoms with Gasteiger partial charge in [0.1, 0.15) is 11.9 Å². The summed E-state index contributed by atoms with van der Waals surface area (Å²) >= 11 is 0. The van der Waals surface area contributed by atoms with Gasteiger partial charge in [-0.3, -0.25) is 9.59 Å². The highest BCUT2D eigenvalue weighted by Crippen LogP contribution is 2.54. The molecular formula is C42H70O10. The molecule has 4 fully saturated rings. The first-order valence-electron chi connectivity index (χ1n) is 20.6. The largest absolute Gasteiger partial charge is 0.481 e. The standard InChI is InChI=1S/C42H70O10/c1-11-30(38(45)46)32-15-14-24(4)36(49-32)26(6)22-25(5)35(44)31(12-2)37-27(7)23-28(8)42(50-37)33(43)16-19-41(52-42)21-20-39(10,51-41)34-17-18-40(47,13-3)29(9)48-34/h16,19,24-34,36-37,43,47H,11-15,17-18,20-23H2,1-10H3,(H,45,46)/t24-,25-,26-,27-,28+,29-,30+,31-,32+,33-,34+,36+,37-,39-,40+,41+,42+/m0/s1. The summed E-state index contributed by atoms with van der Waals surface area (Å²) in [5, 5.41) is 32.4. The number of aliphatic hydroxyl groups excluding tert-OH is 1. The van der Waals surface area contributed by atoms with Crippen molar-refractivity contribution in [2.45, 2.75) is 199 Å². The molecule has 10 heteroatoms. The Morgan fingerprint density at radius 3 is 2.19 bits per heavy atom. The third-order valence-electron chi connectivity index (χ3n) is 14.2. The minimum Gasteiger partial charge on any atom is -0.481 e. The van der Waals surface area contributed by atoms with Crippen LogP contribution in [0.3, 0.4) is 0 Å². The molecule has 5 heterocycles. The van der Waals surface area contributed by atoms with Crippen LogP contribution in [0.1, 0.15) is 140 Å². The van der Waals surface area contributed by atoms with Gasteiger partial charge < -0.3 is 39.0 Å². The van der Waals surface area contributed by atoms with Gasteiger partial charge in [0.2, 0.25) is 5.79 Å². The monoisotopic (exact) mass is 734 g/mol. The SMILES string of the molecule is CC[C@@H](C(=O)[C@@H](C)C[C@H](C)[C@@H]1O[C@@H]([C@@H](CC)C(=O)O)CC[C@@H]1C)[C@H]1O[C@@]2(O[C@]3(C=C[C@@H]2O)CC[C@@](C)([C@H]2CC[C@](O)(CC)[C@H](C)O2)O3)[C@H](C)C[C@@H]1C. The summed E-state index contributed by atoms with van der Waals surface area (Å²) in [6, 6.07) is 0. The Labute approximate surface area is 312 Å². The number of ketones is 1. The number of hydrogen-bond donors (Lipinski definition) is 3. The number of aliphatic hydroxyl groups is 2. The molecule has 10 nitrogen and oxygen atoms in total. The lowest BCUT2D eigenvalue weighted by Gasteiger charge is -2.55. The number of Topliss-reactive ketones (excluding diaryl/α,β-unsaturated/α-hetero) is 1. The maximum Gasteiger partial charge on any atom is 0.309 e. The van der Waals surface area contributed by atoms with Gasteiger partial charge >= 0.3 is 5.97 Å². The zero-order chi connectivity index (χ0) is 38.4. The van der Waals surface area contributed by atoms with Gasteiger partial charge in [0.25, 0.3) is 0 Å². The lowest BCUT2D eigenvalue weighted by molar-refractivity contribution is -0.416. The van der Waals surface area contributed by atoms with Gasteiger partial charge in [0, 0.05) is 24.2 Å². The predicted octanol–water partition coefficient (Wildman–Crippen LogP) is 7.22. The minimum atomic E-state index is -1.38. The zero-order valence-corrected chi connectivity index (χ0v) is 33.6. The number of rotatable bonds is 12. The number of carboxylic acid groups (broad SMARTS) is 1. The summed E-state index contributed by atoms with van der Waals surface area (Å²) in [4.78, 5) is 26.3. The molecular weight excluding hydrogens is 664 g/mol. The molecule has 3 N–H and O–H groups in total. The first kappa shape index (κ1) is 41.8. The van der Waals surface area contributed by atoms with Gasteiger partial charge in [-0.15, -0.1) is 0 Å². The fourth-order valence-corrected chi connectivity index (χ4v) is 10.6. The number of ether oxygens (including phenoxy) is 5. The second-order valence-electron chi connectivity index (χ2n) is 17.9. The molecule has 298 valence electrons. The van der Waals surface area contributed by atoms with Crippen molar-refractivity contribution >= 4 is 11.8 Å². The Kier molecular flexibility index (Phi) is 12.8. The molecule has 5 aliphatic heterocycles. The molecule has 0 aromatic rings. The molecule has 52 heavy (non-hydrogen) atoms. The van der Waals surface area contributed by atoms with E-state index in [0.29, 0.717) is 57.8 Å². The molecule has 0 bridgehead atoms. The first-order chi connectivity index (χ1) is 24.4. The van der Waals surface area contributed by atoms with Gasteiger partial charge in [0.15, 0.2) is 5.79 Å². The third kappa shape index (κ3) is 7.83. The van der Waals surface area contributed by atoms with Gasteiger partial charge in [-0.05, 0) is 108 Å². The van der Waals surface area contributed by atoms with Crippen LogP contribution in [0.5, 0.6) is 0 Å². The van der Waals surface area contributed by atoms with E-state index in [4.69, 9.17) is 23.7 Å². The van der Waals surface area contributed by atoms with Gasteiger partial charge in [-0.2, -0.15) is 0 Å². The fourth-order valence-electron chi connectivity index (χ4n) is 10.6. The molecule has 0 saturated carbocycles. The Hall–Kier alpha value is -1.40. The van der Waals surface area contributed by atoms with E-state index in [9.17, 15) is 24.9 Å². The second-order valence-corrected chi connectivity index (χ2v) is 17.9. The smallest absolute Gasteiger partial charge is 0.309 e. The van der Waals surface area contributed by atoms with E-state index in [2.05, 4.69) is 27.7 Å². The topological polar surface area (TPSA) is 141 Å². The molecule has 0 aromatic carbocycles. The molecule has 2 spiro atoms. The fraction of sp³-hybridized carbons (Fsp3) is 0.905. The Bertz CT molecular complexity index is 1290. The Balaban J connectivity index is 1.29. The summed E-state index contributed by atoms with van der Waals surface area (Å²) in [6.07, 6.45) is 8.46. The van der Waals surface area contributed by atoms with Gasteiger partial charge in [-0.1, -0.05) is 55.4 Å². The maximum absolute atomic E-state index is 14.4. The van der Waals surface area contributed by atoms with E-state index in [1.54, 1.807) is 6.08 Å². The van der Waals surface area contributed by atoms with Crippen LogP contribution in [-0.2, 0) is 33.3 Å². The number of carbonyl (C=O) groups is 2. The van der Waals surface area contributed by atoms with E-state index < -0.39 is 52.8 Å². The van der Waals surface area contributed by atoms with Crippen molar-refractivity contribution in [3.8, 4) is 0 Å². The summed E-state index contributed by atoms with van der Waals surface area (Å²) in [6.45, 7) is 20.4. The maximum atomic E-state index is 14.4. The number of hydrogen-bond acceptors (Lipinski definition) is 9. The van der Waals surface area contributed by atoms with Crippen LogP contribution in [0.25, 0.3) is 0 Å². The highest BCUT2D eigenvalue weighted by Gasteiger charge is 2.62. The second kappa shape index (κ2) is 16.0. The molecule has 17 atom stereocenters. The quantitative estimate of drug-likeness (QED) is 0.176. The lowest BCUT2D eigenvalue weighted by atomic mass is 9.72. The van der Waals surface area contributed by atoms with E-state index in [1.807, 2.05) is 47.6 Å². The van der Waals surface area contributed by atoms with E-state index in [-0.39, 0.29) is 59.8 Å². The van der Waals surface area contributed by atoms with Crippen molar-refractivity contribution in [1.29, 1.82) is 0 Å². The van der Waals surface area contributed by atoms with Crippen molar-refractivity contribution in [3.63, 3.8) is 0 Å².